The summed E-state index contributed by atoms with van der Waals surface area (Å²) < 4.78 is 5.49. The first kappa shape index (κ1) is 20.8. The summed E-state index contributed by atoms with van der Waals surface area (Å²) >= 11 is 0. The van der Waals surface area contributed by atoms with E-state index in [1.54, 1.807) is 48.6 Å². The second kappa shape index (κ2) is 9.52. The van der Waals surface area contributed by atoms with Crippen LogP contribution in [0, 0.1) is 0 Å². The maximum Gasteiger partial charge on any atom is 0.127 e. The summed E-state index contributed by atoms with van der Waals surface area (Å²) in [5, 5.41) is 32.2. The van der Waals surface area contributed by atoms with E-state index in [2.05, 4.69) is 13.2 Å². The van der Waals surface area contributed by atoms with Gasteiger partial charge in [0.1, 0.15) is 29.6 Å². The summed E-state index contributed by atoms with van der Waals surface area (Å²) in [6, 6.07) is 19.7. The summed E-state index contributed by atoms with van der Waals surface area (Å²) in [7, 11) is 0. The minimum absolute atomic E-state index is 0.188. The Labute approximate surface area is 175 Å². The van der Waals surface area contributed by atoms with Gasteiger partial charge in [0.2, 0.25) is 0 Å². The Bertz CT molecular complexity index is 1190. The number of aromatic hydroxyl groups is 3. The highest BCUT2D eigenvalue weighted by molar-refractivity contribution is 5.94. The van der Waals surface area contributed by atoms with Crippen LogP contribution in [0.3, 0.4) is 0 Å². The molecule has 0 radical (unpaired) electrons. The van der Waals surface area contributed by atoms with Gasteiger partial charge in [0.05, 0.1) is 0 Å². The van der Waals surface area contributed by atoms with Crippen molar-refractivity contribution in [2.45, 2.75) is 6.42 Å². The van der Waals surface area contributed by atoms with E-state index in [-0.39, 0.29) is 17.2 Å². The minimum Gasteiger partial charge on any atom is -0.507 e. The molecule has 3 N–H and O–H groups in total. The molecule has 0 spiro atoms. The Hall–Kier alpha value is -3.92. The molecule has 0 atom stereocenters. The van der Waals surface area contributed by atoms with Gasteiger partial charge >= 0.3 is 0 Å². The fourth-order valence-electron chi connectivity index (χ4n) is 3.23. The highest BCUT2D eigenvalue weighted by Gasteiger charge is 2.07. The van der Waals surface area contributed by atoms with Crippen LogP contribution >= 0.6 is 0 Å². The zero-order chi connectivity index (χ0) is 21.5. The zero-order valence-electron chi connectivity index (χ0n) is 16.6. The number of hydrogen-bond donors (Lipinski definition) is 3. The second-order valence-corrected chi connectivity index (χ2v) is 6.67. The molecule has 0 bridgehead atoms. The maximum atomic E-state index is 9.95. The molecule has 0 aliphatic heterocycles. The first-order chi connectivity index (χ1) is 14.6. The van der Waals surface area contributed by atoms with Crippen LogP contribution in [0.1, 0.15) is 5.56 Å². The van der Waals surface area contributed by atoms with Crippen LogP contribution < -0.4 is 4.74 Å². The number of ether oxygens (including phenoxy) is 1. The number of allylic oxidation sites excluding steroid dienone is 1. The molecule has 30 heavy (non-hydrogen) atoms. The molecule has 152 valence electrons. The third-order valence-corrected chi connectivity index (χ3v) is 4.67. The maximum absolute atomic E-state index is 9.95. The van der Waals surface area contributed by atoms with Gasteiger partial charge in [0.25, 0.3) is 0 Å². The molecule has 4 heteroatoms. The van der Waals surface area contributed by atoms with Gasteiger partial charge in [0.15, 0.2) is 0 Å². The van der Waals surface area contributed by atoms with E-state index < -0.39 is 0 Å². The standard InChI is InChI=1S/2C13H12O2/c1-2-9-15-13-8-4-5-10-11(13)6-3-7-12(10)14;1-2-4-9-7-8-10-11(13(9)15)5-3-6-12(10)14/h2-8,14H,1,9H2;2-3,5-8,14-15H,1,4H2. The summed E-state index contributed by atoms with van der Waals surface area (Å²) in [4.78, 5) is 0. The van der Waals surface area contributed by atoms with Crippen LogP contribution in [0.4, 0.5) is 0 Å². The van der Waals surface area contributed by atoms with Gasteiger partial charge in [-0.15, -0.1) is 6.58 Å². The second-order valence-electron chi connectivity index (χ2n) is 6.67. The van der Waals surface area contributed by atoms with E-state index >= 15 is 0 Å². The lowest BCUT2D eigenvalue weighted by molar-refractivity contribution is 0.367. The normalized spacial score (nSPS) is 10.3. The molecule has 0 heterocycles. The largest absolute Gasteiger partial charge is 0.507 e. The van der Waals surface area contributed by atoms with Crippen molar-refractivity contribution in [3.63, 3.8) is 0 Å². The van der Waals surface area contributed by atoms with Crippen molar-refractivity contribution in [1.82, 2.24) is 0 Å². The van der Waals surface area contributed by atoms with Crippen LogP contribution in [0.25, 0.3) is 21.5 Å². The van der Waals surface area contributed by atoms with E-state index in [4.69, 9.17) is 4.74 Å². The first-order valence-electron chi connectivity index (χ1n) is 9.54. The van der Waals surface area contributed by atoms with E-state index in [9.17, 15) is 15.3 Å². The average molecular weight is 400 g/mol. The number of phenols is 3. The lowest BCUT2D eigenvalue weighted by Gasteiger charge is -2.07. The van der Waals surface area contributed by atoms with Gasteiger partial charge in [-0.3, -0.25) is 0 Å². The van der Waals surface area contributed by atoms with Gasteiger partial charge in [-0.1, -0.05) is 67.3 Å². The summed E-state index contributed by atoms with van der Waals surface area (Å²) in [5.41, 5.74) is 0.822. The quantitative estimate of drug-likeness (QED) is 0.355. The molecule has 0 aliphatic carbocycles. The van der Waals surface area contributed by atoms with Crippen LogP contribution in [0.5, 0.6) is 23.0 Å². The van der Waals surface area contributed by atoms with Crippen LogP contribution in [0.15, 0.2) is 92.0 Å². The smallest absolute Gasteiger partial charge is 0.127 e. The molecule has 0 aromatic heterocycles. The molecule has 0 fully saturated rings. The van der Waals surface area contributed by atoms with Gasteiger partial charge in [-0.25, -0.2) is 0 Å². The lowest BCUT2D eigenvalue weighted by Crippen LogP contribution is -1.93. The number of fused-ring (bicyclic) bond motifs is 2. The highest BCUT2D eigenvalue weighted by atomic mass is 16.5. The van der Waals surface area contributed by atoms with E-state index in [1.807, 2.05) is 30.3 Å². The van der Waals surface area contributed by atoms with Crippen molar-refractivity contribution in [3.8, 4) is 23.0 Å². The Morgan fingerprint density at radius 1 is 0.667 bits per heavy atom. The molecule has 4 rings (SSSR count). The first-order valence-corrected chi connectivity index (χ1v) is 9.54. The molecule has 0 unspecified atom stereocenters. The molecular weight excluding hydrogens is 376 g/mol. The van der Waals surface area contributed by atoms with Crippen molar-refractivity contribution < 1.29 is 20.1 Å². The number of hydrogen-bond acceptors (Lipinski definition) is 4. The van der Waals surface area contributed by atoms with Crippen molar-refractivity contribution in [2.24, 2.45) is 0 Å². The lowest BCUT2D eigenvalue weighted by atomic mass is 10.0. The van der Waals surface area contributed by atoms with E-state index in [0.29, 0.717) is 23.8 Å². The molecule has 4 aromatic rings. The number of rotatable bonds is 5. The molecule has 0 aliphatic rings. The van der Waals surface area contributed by atoms with Gasteiger partial charge in [0, 0.05) is 21.5 Å². The highest BCUT2D eigenvalue weighted by Crippen LogP contribution is 2.34. The molecule has 0 saturated carbocycles. The molecule has 4 nitrogen and oxygen atoms in total. The van der Waals surface area contributed by atoms with E-state index in [0.717, 1.165) is 22.1 Å². The minimum atomic E-state index is 0.188. The average Bonchev–Trinajstić information content (AvgIpc) is 2.76. The third-order valence-electron chi connectivity index (χ3n) is 4.67. The Morgan fingerprint density at radius 2 is 1.27 bits per heavy atom. The third kappa shape index (κ3) is 4.39. The predicted molar refractivity (Wildman–Crippen MR) is 122 cm³/mol. The van der Waals surface area contributed by atoms with Gasteiger partial charge < -0.3 is 20.1 Å². The summed E-state index contributed by atoms with van der Waals surface area (Å²) in [6.45, 7) is 7.70. The number of benzene rings is 4. The molecular formula is C26H24O4. The topological polar surface area (TPSA) is 69.9 Å². The summed E-state index contributed by atoms with van der Waals surface area (Å²) in [6.07, 6.45) is 4.06. The predicted octanol–water partition coefficient (Wildman–Crippen LogP) is 6.09. The Kier molecular flexibility index (Phi) is 6.60. The van der Waals surface area contributed by atoms with Gasteiger partial charge in [-0.05, 0) is 30.2 Å². The Balaban J connectivity index is 0.000000171. The van der Waals surface area contributed by atoms with Gasteiger partial charge in [-0.2, -0.15) is 0 Å². The van der Waals surface area contributed by atoms with Crippen molar-refractivity contribution in [2.75, 3.05) is 6.61 Å². The number of phenolic OH excluding ortho intramolecular Hbond substituents is 3. The van der Waals surface area contributed by atoms with Crippen LogP contribution in [0.2, 0.25) is 0 Å². The van der Waals surface area contributed by atoms with Crippen LogP contribution in [-0.4, -0.2) is 21.9 Å². The Morgan fingerprint density at radius 3 is 1.93 bits per heavy atom. The van der Waals surface area contributed by atoms with Crippen molar-refractivity contribution >= 4 is 21.5 Å². The fraction of sp³-hybridized carbons (Fsp3) is 0.0769. The van der Waals surface area contributed by atoms with Crippen LogP contribution in [-0.2, 0) is 6.42 Å². The van der Waals surface area contributed by atoms with Crippen molar-refractivity contribution in [3.05, 3.63) is 97.6 Å². The van der Waals surface area contributed by atoms with Crippen molar-refractivity contribution in [1.29, 1.82) is 0 Å². The zero-order valence-corrected chi connectivity index (χ0v) is 16.6. The summed E-state index contributed by atoms with van der Waals surface area (Å²) in [5.74, 6) is 1.45. The SMILES string of the molecule is C=CCOc1cccc2c(O)cccc12.C=CCc1ccc2c(O)cccc2c1O. The molecule has 0 saturated heterocycles. The fourth-order valence-corrected chi connectivity index (χ4v) is 3.23. The van der Waals surface area contributed by atoms with E-state index in [1.165, 1.54) is 0 Å². The monoisotopic (exact) mass is 400 g/mol. The molecule has 0 amide bonds. The molecule has 4 aromatic carbocycles.